The van der Waals surface area contributed by atoms with Crippen LogP contribution in [0.3, 0.4) is 0 Å². The predicted octanol–water partition coefficient (Wildman–Crippen LogP) is 2.53. The van der Waals surface area contributed by atoms with Crippen LogP contribution in [-0.4, -0.2) is 28.3 Å². The van der Waals surface area contributed by atoms with E-state index in [0.29, 0.717) is 22.6 Å². The van der Waals surface area contributed by atoms with Crippen molar-refractivity contribution < 1.29 is 19.0 Å². The molecule has 0 aliphatic carbocycles. The standard InChI is InChI=1S/C19H16FN3O3/c1-13-10-19(25,15-4-6-16(20)7-5-15)23(22-13)18(24)12-26-17-8-2-14(11-21)3-9-17/h2-9,25H,10,12H2,1H3/t19-/m1/s1. The molecule has 1 N–H and O–H groups in total. The van der Waals surface area contributed by atoms with Crippen molar-refractivity contribution in [3.63, 3.8) is 0 Å². The van der Waals surface area contributed by atoms with Gasteiger partial charge in [0.05, 0.1) is 11.6 Å². The van der Waals surface area contributed by atoms with Crippen LogP contribution < -0.4 is 4.74 Å². The number of amides is 1. The Balaban J connectivity index is 1.75. The number of carbonyl (C=O) groups is 1. The lowest BCUT2D eigenvalue weighted by molar-refractivity contribution is -0.159. The molecule has 0 radical (unpaired) electrons. The average molecular weight is 353 g/mol. The number of hydrazone groups is 1. The van der Waals surface area contributed by atoms with Gasteiger partial charge in [-0.3, -0.25) is 4.79 Å². The normalized spacial score (nSPS) is 19.0. The van der Waals surface area contributed by atoms with Crippen LogP contribution in [0.5, 0.6) is 5.75 Å². The molecule has 0 aromatic heterocycles. The fourth-order valence-electron chi connectivity index (χ4n) is 2.76. The van der Waals surface area contributed by atoms with Gasteiger partial charge in [0.25, 0.3) is 5.91 Å². The van der Waals surface area contributed by atoms with E-state index in [1.807, 2.05) is 6.07 Å². The molecule has 26 heavy (non-hydrogen) atoms. The van der Waals surface area contributed by atoms with E-state index in [0.717, 1.165) is 5.01 Å². The number of carbonyl (C=O) groups excluding carboxylic acids is 1. The zero-order valence-corrected chi connectivity index (χ0v) is 14.0. The van der Waals surface area contributed by atoms with Gasteiger partial charge in [-0.05, 0) is 43.3 Å². The second-order valence-electron chi connectivity index (χ2n) is 5.97. The number of nitrogens with zero attached hydrogens (tertiary/aromatic N) is 3. The van der Waals surface area contributed by atoms with Crippen molar-refractivity contribution in [3.05, 3.63) is 65.5 Å². The van der Waals surface area contributed by atoms with Crippen molar-refractivity contribution in [2.75, 3.05) is 6.61 Å². The molecule has 1 aliphatic rings. The third kappa shape index (κ3) is 3.41. The molecule has 0 bridgehead atoms. The van der Waals surface area contributed by atoms with E-state index in [2.05, 4.69) is 5.10 Å². The molecule has 0 saturated heterocycles. The van der Waals surface area contributed by atoms with Crippen LogP contribution >= 0.6 is 0 Å². The second kappa shape index (κ2) is 6.94. The highest BCUT2D eigenvalue weighted by atomic mass is 19.1. The second-order valence-corrected chi connectivity index (χ2v) is 5.97. The van der Waals surface area contributed by atoms with E-state index in [-0.39, 0.29) is 13.0 Å². The summed E-state index contributed by atoms with van der Waals surface area (Å²) in [7, 11) is 0. The minimum Gasteiger partial charge on any atom is -0.484 e. The highest BCUT2D eigenvalue weighted by molar-refractivity contribution is 5.89. The molecule has 1 aliphatic heterocycles. The van der Waals surface area contributed by atoms with Crippen molar-refractivity contribution in [2.24, 2.45) is 5.10 Å². The Morgan fingerprint density at radius 3 is 2.58 bits per heavy atom. The predicted molar refractivity (Wildman–Crippen MR) is 91.5 cm³/mol. The molecule has 1 atom stereocenters. The molecule has 2 aromatic rings. The number of halogens is 1. The van der Waals surface area contributed by atoms with Crippen LogP contribution in [0.4, 0.5) is 4.39 Å². The summed E-state index contributed by atoms with van der Waals surface area (Å²) in [6, 6.07) is 13.6. The molecule has 6 nitrogen and oxygen atoms in total. The summed E-state index contributed by atoms with van der Waals surface area (Å²) < 4.78 is 18.6. The first-order valence-corrected chi connectivity index (χ1v) is 7.91. The molecule has 2 aromatic carbocycles. The number of hydrogen-bond acceptors (Lipinski definition) is 5. The molecular weight excluding hydrogens is 337 g/mol. The van der Waals surface area contributed by atoms with Crippen LogP contribution in [0.25, 0.3) is 0 Å². The number of aliphatic hydroxyl groups is 1. The van der Waals surface area contributed by atoms with E-state index >= 15 is 0 Å². The van der Waals surface area contributed by atoms with E-state index < -0.39 is 17.4 Å². The number of ether oxygens (including phenoxy) is 1. The van der Waals surface area contributed by atoms with Crippen LogP contribution in [0.15, 0.2) is 53.6 Å². The molecule has 0 spiro atoms. The Morgan fingerprint density at radius 1 is 1.31 bits per heavy atom. The Morgan fingerprint density at radius 2 is 1.96 bits per heavy atom. The zero-order chi connectivity index (χ0) is 18.7. The van der Waals surface area contributed by atoms with Crippen LogP contribution in [-0.2, 0) is 10.5 Å². The maximum atomic E-state index is 13.2. The zero-order valence-electron chi connectivity index (χ0n) is 14.0. The highest BCUT2D eigenvalue weighted by Crippen LogP contribution is 2.35. The monoisotopic (exact) mass is 353 g/mol. The molecule has 7 heteroatoms. The molecule has 0 unspecified atom stereocenters. The molecule has 0 saturated carbocycles. The first-order valence-electron chi connectivity index (χ1n) is 7.91. The molecular formula is C19H16FN3O3. The Kier molecular flexibility index (Phi) is 4.69. The average Bonchev–Trinajstić information content (AvgIpc) is 2.96. The van der Waals surface area contributed by atoms with Gasteiger partial charge < -0.3 is 9.84 Å². The van der Waals surface area contributed by atoms with Crippen molar-refractivity contribution in [1.82, 2.24) is 5.01 Å². The SMILES string of the molecule is CC1=NN(C(=O)COc2ccc(C#N)cc2)[C@](O)(c2ccc(F)cc2)C1. The van der Waals surface area contributed by atoms with Crippen molar-refractivity contribution >= 4 is 11.6 Å². The van der Waals surface area contributed by atoms with Crippen molar-refractivity contribution in [3.8, 4) is 11.8 Å². The quantitative estimate of drug-likeness (QED) is 0.915. The van der Waals surface area contributed by atoms with E-state index in [1.165, 1.54) is 24.3 Å². The Labute approximate surface area is 149 Å². The summed E-state index contributed by atoms with van der Waals surface area (Å²) in [5.41, 5.74) is -0.257. The van der Waals surface area contributed by atoms with Gasteiger partial charge in [-0.1, -0.05) is 12.1 Å². The molecule has 3 rings (SSSR count). The molecule has 1 heterocycles. The van der Waals surface area contributed by atoms with Gasteiger partial charge in [-0.25, -0.2) is 4.39 Å². The fourth-order valence-corrected chi connectivity index (χ4v) is 2.76. The van der Waals surface area contributed by atoms with Gasteiger partial charge >= 0.3 is 0 Å². The van der Waals surface area contributed by atoms with Gasteiger partial charge in [0.2, 0.25) is 0 Å². The maximum Gasteiger partial charge on any atom is 0.283 e. The fraction of sp³-hybridized carbons (Fsp3) is 0.211. The number of benzene rings is 2. The largest absolute Gasteiger partial charge is 0.484 e. The van der Waals surface area contributed by atoms with Crippen LogP contribution in [0.1, 0.15) is 24.5 Å². The minimum absolute atomic E-state index is 0.126. The molecule has 1 amide bonds. The first-order chi connectivity index (χ1) is 12.4. The van der Waals surface area contributed by atoms with E-state index in [1.54, 1.807) is 31.2 Å². The van der Waals surface area contributed by atoms with Gasteiger partial charge in [0.1, 0.15) is 11.6 Å². The molecule has 0 fully saturated rings. The Bertz CT molecular complexity index is 888. The lowest BCUT2D eigenvalue weighted by atomic mass is 9.97. The summed E-state index contributed by atoms with van der Waals surface area (Å²) in [6.07, 6.45) is 0.126. The smallest absolute Gasteiger partial charge is 0.283 e. The summed E-state index contributed by atoms with van der Waals surface area (Å²) in [6.45, 7) is 1.36. The van der Waals surface area contributed by atoms with Gasteiger partial charge in [0.15, 0.2) is 12.3 Å². The van der Waals surface area contributed by atoms with Gasteiger partial charge in [0, 0.05) is 17.7 Å². The summed E-state index contributed by atoms with van der Waals surface area (Å²) in [5.74, 6) is -0.560. The van der Waals surface area contributed by atoms with Gasteiger partial charge in [-0.2, -0.15) is 15.4 Å². The Hall–Kier alpha value is -3.24. The van der Waals surface area contributed by atoms with Crippen LogP contribution in [0, 0.1) is 17.1 Å². The third-order valence-corrected chi connectivity index (χ3v) is 4.01. The lowest BCUT2D eigenvalue weighted by Gasteiger charge is -2.31. The third-order valence-electron chi connectivity index (χ3n) is 4.01. The van der Waals surface area contributed by atoms with Crippen molar-refractivity contribution in [2.45, 2.75) is 19.1 Å². The summed E-state index contributed by atoms with van der Waals surface area (Å²) >= 11 is 0. The molecule has 132 valence electrons. The summed E-state index contributed by atoms with van der Waals surface area (Å²) in [5, 5.41) is 24.9. The first kappa shape index (κ1) is 17.6. The minimum atomic E-state index is -1.68. The van der Waals surface area contributed by atoms with E-state index in [4.69, 9.17) is 10.00 Å². The lowest BCUT2D eigenvalue weighted by Crippen LogP contribution is -2.45. The maximum absolute atomic E-state index is 13.2. The summed E-state index contributed by atoms with van der Waals surface area (Å²) in [4.78, 5) is 12.6. The number of rotatable bonds is 4. The number of hydrogen-bond donors (Lipinski definition) is 1. The van der Waals surface area contributed by atoms with Crippen molar-refractivity contribution in [1.29, 1.82) is 5.26 Å². The number of nitriles is 1. The van der Waals surface area contributed by atoms with Gasteiger partial charge in [-0.15, -0.1) is 0 Å². The highest BCUT2D eigenvalue weighted by Gasteiger charge is 2.44. The topological polar surface area (TPSA) is 85.9 Å². The van der Waals surface area contributed by atoms with E-state index in [9.17, 15) is 14.3 Å². The van der Waals surface area contributed by atoms with Crippen LogP contribution in [0.2, 0.25) is 0 Å².